The van der Waals surface area contributed by atoms with Gasteiger partial charge in [0.15, 0.2) is 0 Å². The van der Waals surface area contributed by atoms with Crippen molar-refractivity contribution in [3.8, 4) is 0 Å². The molecule has 2 aromatic rings. The molecule has 0 saturated heterocycles. The van der Waals surface area contributed by atoms with Crippen molar-refractivity contribution in [1.82, 2.24) is 4.31 Å². The number of hydrogen-bond donors (Lipinski definition) is 0. The van der Waals surface area contributed by atoms with Crippen LogP contribution >= 0.6 is 15.9 Å². The summed E-state index contributed by atoms with van der Waals surface area (Å²) in [5.41, 5.74) is 2.05. The van der Waals surface area contributed by atoms with Crippen molar-refractivity contribution in [3.63, 3.8) is 0 Å². The summed E-state index contributed by atoms with van der Waals surface area (Å²) in [6.07, 6.45) is 3.76. The molecule has 0 N–H and O–H groups in total. The Morgan fingerprint density at radius 1 is 1.12 bits per heavy atom. The van der Waals surface area contributed by atoms with E-state index in [9.17, 15) is 8.42 Å². The van der Waals surface area contributed by atoms with E-state index in [1.807, 2.05) is 49.4 Å². The fraction of sp³-hybridized carbons (Fsp3) is 0.158. The van der Waals surface area contributed by atoms with E-state index >= 15 is 0 Å². The van der Waals surface area contributed by atoms with Crippen LogP contribution in [0.1, 0.15) is 11.1 Å². The van der Waals surface area contributed by atoms with Crippen molar-refractivity contribution in [2.24, 2.45) is 0 Å². The highest BCUT2D eigenvalue weighted by Crippen LogP contribution is 2.19. The molecule has 0 aliphatic heterocycles. The number of aryl methyl sites for hydroxylation is 1. The van der Waals surface area contributed by atoms with Crippen LogP contribution in [-0.2, 0) is 10.0 Å². The third-order valence-corrected chi connectivity index (χ3v) is 5.50. The highest BCUT2D eigenvalue weighted by atomic mass is 79.9. The van der Waals surface area contributed by atoms with E-state index in [2.05, 4.69) is 22.5 Å². The molecule has 5 heteroatoms. The van der Waals surface area contributed by atoms with E-state index in [1.165, 1.54) is 4.31 Å². The molecule has 24 heavy (non-hydrogen) atoms. The molecule has 0 unspecified atom stereocenters. The van der Waals surface area contributed by atoms with Gasteiger partial charge in [-0.05, 0) is 24.6 Å². The van der Waals surface area contributed by atoms with Crippen LogP contribution in [0.4, 0.5) is 0 Å². The Labute approximate surface area is 152 Å². The number of nitrogens with zero attached hydrogens (tertiary/aromatic N) is 1. The van der Waals surface area contributed by atoms with Crippen LogP contribution in [0.2, 0.25) is 0 Å². The van der Waals surface area contributed by atoms with E-state index in [0.717, 1.165) is 11.1 Å². The van der Waals surface area contributed by atoms with E-state index in [1.54, 1.807) is 24.3 Å². The van der Waals surface area contributed by atoms with Gasteiger partial charge in [0.05, 0.1) is 4.90 Å². The maximum absolute atomic E-state index is 12.9. The largest absolute Gasteiger partial charge is 0.243 e. The van der Waals surface area contributed by atoms with Gasteiger partial charge >= 0.3 is 0 Å². The maximum atomic E-state index is 12.9. The molecular weight excluding hydrogens is 386 g/mol. The van der Waals surface area contributed by atoms with Gasteiger partial charge in [-0.2, -0.15) is 4.31 Å². The zero-order valence-corrected chi connectivity index (χ0v) is 15.9. The number of sulfonamides is 1. The van der Waals surface area contributed by atoms with Crippen molar-refractivity contribution < 1.29 is 8.42 Å². The van der Waals surface area contributed by atoms with Crippen molar-refractivity contribution in [1.29, 1.82) is 0 Å². The predicted molar refractivity (Wildman–Crippen MR) is 103 cm³/mol. The predicted octanol–water partition coefficient (Wildman–Crippen LogP) is 4.61. The fourth-order valence-corrected chi connectivity index (χ4v) is 4.02. The van der Waals surface area contributed by atoms with Gasteiger partial charge in [0.1, 0.15) is 0 Å². The van der Waals surface area contributed by atoms with Crippen LogP contribution < -0.4 is 0 Å². The summed E-state index contributed by atoms with van der Waals surface area (Å²) in [4.78, 5) is 0.287. The second kappa shape index (κ2) is 8.42. The average molecular weight is 406 g/mol. The molecule has 0 fully saturated rings. The topological polar surface area (TPSA) is 37.4 Å². The van der Waals surface area contributed by atoms with Gasteiger partial charge in [-0.1, -0.05) is 82.7 Å². The Hall–Kier alpha value is -1.69. The fourth-order valence-electron chi connectivity index (χ4n) is 2.17. The van der Waals surface area contributed by atoms with Crippen LogP contribution in [0.25, 0.3) is 6.08 Å². The average Bonchev–Trinajstić information content (AvgIpc) is 2.55. The highest BCUT2D eigenvalue weighted by molar-refractivity contribution is 9.11. The summed E-state index contributed by atoms with van der Waals surface area (Å²) >= 11 is 3.26. The minimum absolute atomic E-state index is 0.218. The summed E-state index contributed by atoms with van der Waals surface area (Å²) < 4.78 is 27.7. The standard InChI is InChI=1S/C19H20BrNO2S/c1-16-10-12-19(13-11-16)24(22,23)21(15-17(2)20)14-6-9-18-7-4-3-5-8-18/h3-13H,2,14-15H2,1H3. The Morgan fingerprint density at radius 2 is 1.75 bits per heavy atom. The minimum Gasteiger partial charge on any atom is -0.207 e. The molecule has 0 aliphatic rings. The van der Waals surface area contributed by atoms with Crippen LogP contribution in [0, 0.1) is 6.92 Å². The van der Waals surface area contributed by atoms with Gasteiger partial charge < -0.3 is 0 Å². The first-order valence-electron chi connectivity index (χ1n) is 7.51. The molecule has 2 rings (SSSR count). The van der Waals surface area contributed by atoms with Gasteiger partial charge in [-0.25, -0.2) is 8.42 Å². The molecule has 0 bridgehead atoms. The van der Waals surface area contributed by atoms with Crippen molar-refractivity contribution in [2.45, 2.75) is 11.8 Å². The molecule has 0 saturated carbocycles. The SMILES string of the molecule is C=C(Br)CN(CC=Cc1ccccc1)S(=O)(=O)c1ccc(C)cc1. The van der Waals surface area contributed by atoms with Crippen molar-refractivity contribution >= 4 is 32.0 Å². The van der Waals surface area contributed by atoms with Crippen molar-refractivity contribution in [2.75, 3.05) is 13.1 Å². The number of benzene rings is 2. The molecule has 0 heterocycles. The monoisotopic (exact) mass is 405 g/mol. The molecular formula is C19H20BrNO2S. The smallest absolute Gasteiger partial charge is 0.207 e. The molecule has 126 valence electrons. The lowest BCUT2D eigenvalue weighted by atomic mass is 10.2. The van der Waals surface area contributed by atoms with Gasteiger partial charge in [0, 0.05) is 17.6 Å². The van der Waals surface area contributed by atoms with Crippen LogP contribution in [-0.4, -0.2) is 25.8 Å². The molecule has 0 spiro atoms. The summed E-state index contributed by atoms with van der Waals surface area (Å²) in [5.74, 6) is 0. The summed E-state index contributed by atoms with van der Waals surface area (Å²) in [6.45, 7) is 6.19. The van der Waals surface area contributed by atoms with E-state index < -0.39 is 10.0 Å². The third-order valence-electron chi connectivity index (χ3n) is 3.43. The van der Waals surface area contributed by atoms with Gasteiger partial charge in [0.2, 0.25) is 10.0 Å². The normalized spacial score (nSPS) is 12.0. The van der Waals surface area contributed by atoms with E-state index in [-0.39, 0.29) is 18.0 Å². The molecule has 0 amide bonds. The highest BCUT2D eigenvalue weighted by Gasteiger charge is 2.23. The second-order valence-electron chi connectivity index (χ2n) is 5.44. The molecule has 0 aliphatic carbocycles. The third kappa shape index (κ3) is 5.16. The Bertz CT molecular complexity index is 812. The minimum atomic E-state index is -3.58. The molecule has 0 atom stereocenters. The van der Waals surface area contributed by atoms with E-state index in [0.29, 0.717) is 4.48 Å². The lowest BCUT2D eigenvalue weighted by Gasteiger charge is -2.20. The molecule has 0 radical (unpaired) electrons. The Balaban J connectivity index is 2.22. The number of hydrogen-bond acceptors (Lipinski definition) is 2. The van der Waals surface area contributed by atoms with Crippen LogP contribution in [0.5, 0.6) is 0 Å². The zero-order valence-electron chi connectivity index (χ0n) is 13.5. The quantitative estimate of drug-likeness (QED) is 0.674. The number of rotatable bonds is 7. The maximum Gasteiger partial charge on any atom is 0.243 e. The first-order chi connectivity index (χ1) is 11.4. The van der Waals surface area contributed by atoms with Gasteiger partial charge in [0.25, 0.3) is 0 Å². The lowest BCUT2D eigenvalue weighted by Crippen LogP contribution is -2.32. The van der Waals surface area contributed by atoms with Crippen LogP contribution in [0.3, 0.4) is 0 Å². The first kappa shape index (κ1) is 18.6. The van der Waals surface area contributed by atoms with Crippen LogP contribution in [0.15, 0.2) is 76.6 Å². The number of halogens is 1. The van der Waals surface area contributed by atoms with Crippen molar-refractivity contribution in [3.05, 3.63) is 82.9 Å². The molecule has 3 nitrogen and oxygen atoms in total. The summed E-state index contributed by atoms with van der Waals surface area (Å²) in [6, 6.07) is 16.6. The first-order valence-corrected chi connectivity index (χ1v) is 9.74. The second-order valence-corrected chi connectivity index (χ2v) is 8.50. The summed E-state index contributed by atoms with van der Waals surface area (Å²) in [5, 5.41) is 0. The van der Waals surface area contributed by atoms with Gasteiger partial charge in [-0.15, -0.1) is 0 Å². The Morgan fingerprint density at radius 3 is 2.33 bits per heavy atom. The summed E-state index contributed by atoms with van der Waals surface area (Å²) in [7, 11) is -3.58. The van der Waals surface area contributed by atoms with Gasteiger partial charge in [-0.3, -0.25) is 0 Å². The molecule has 0 aromatic heterocycles. The van der Waals surface area contributed by atoms with E-state index in [4.69, 9.17) is 0 Å². The zero-order chi connectivity index (χ0) is 17.6. The Kier molecular flexibility index (Phi) is 6.54. The lowest BCUT2D eigenvalue weighted by molar-refractivity contribution is 0.473. The molecule has 2 aromatic carbocycles.